The number of H-pyrrole nitrogens is 1. The van der Waals surface area contributed by atoms with Crippen molar-refractivity contribution in [1.29, 1.82) is 0 Å². The van der Waals surface area contributed by atoms with Gasteiger partial charge in [0.15, 0.2) is 0 Å². The molecule has 2 heterocycles. The van der Waals surface area contributed by atoms with Crippen LogP contribution in [0.3, 0.4) is 0 Å². The first kappa shape index (κ1) is 12.6. The Morgan fingerprint density at radius 2 is 2.39 bits per heavy atom. The van der Waals surface area contributed by atoms with E-state index in [1.54, 1.807) is 11.0 Å². The molecule has 6 heteroatoms. The van der Waals surface area contributed by atoms with Crippen LogP contribution in [0.5, 0.6) is 0 Å². The number of rotatable bonds is 3. The molecule has 2 N–H and O–H groups in total. The number of carbonyl (C=O) groups excluding carboxylic acids is 1. The summed E-state index contributed by atoms with van der Waals surface area (Å²) in [5.41, 5.74) is 1.28. The normalized spacial score (nSPS) is 19.8. The zero-order valence-electron chi connectivity index (χ0n) is 10.3. The maximum absolute atomic E-state index is 12.1. The van der Waals surface area contributed by atoms with E-state index in [1.807, 2.05) is 6.92 Å². The summed E-state index contributed by atoms with van der Waals surface area (Å²) in [6.07, 6.45) is 2.16. The molecule has 1 amide bonds. The van der Waals surface area contributed by atoms with Crippen LogP contribution >= 0.6 is 0 Å². The first-order chi connectivity index (χ1) is 8.61. The van der Waals surface area contributed by atoms with E-state index in [9.17, 15) is 9.59 Å². The molecule has 1 aromatic rings. The number of carbonyl (C=O) groups is 2. The van der Waals surface area contributed by atoms with Gasteiger partial charge in [-0.25, -0.2) is 0 Å². The number of hydrogen-bond donors (Lipinski definition) is 2. The van der Waals surface area contributed by atoms with Gasteiger partial charge < -0.3 is 10.0 Å². The van der Waals surface area contributed by atoms with Gasteiger partial charge in [-0.1, -0.05) is 6.92 Å². The molecule has 0 unspecified atom stereocenters. The molecule has 0 aromatic carbocycles. The Hall–Kier alpha value is -1.85. The van der Waals surface area contributed by atoms with Gasteiger partial charge in [0.05, 0.1) is 5.92 Å². The van der Waals surface area contributed by atoms with Crippen LogP contribution < -0.4 is 0 Å². The van der Waals surface area contributed by atoms with E-state index in [2.05, 4.69) is 10.2 Å². The van der Waals surface area contributed by atoms with Gasteiger partial charge in [-0.3, -0.25) is 14.7 Å². The number of hydrogen-bond acceptors (Lipinski definition) is 3. The number of aliphatic carboxylic acids is 1. The fourth-order valence-electron chi connectivity index (χ4n) is 2.18. The van der Waals surface area contributed by atoms with E-state index in [1.165, 1.54) is 0 Å². The maximum Gasteiger partial charge on any atom is 0.308 e. The Morgan fingerprint density at radius 3 is 3.00 bits per heavy atom. The predicted octanol–water partition coefficient (Wildman–Crippen LogP) is 0.909. The SMILES string of the molecule is CCc1cc(C(=O)N2CCC[C@@H](C(=O)O)C2)n[nH]1. The third kappa shape index (κ3) is 2.52. The van der Waals surface area contributed by atoms with Crippen molar-refractivity contribution in [3.05, 3.63) is 17.5 Å². The lowest BCUT2D eigenvalue weighted by Gasteiger charge is -2.30. The average Bonchev–Trinajstić information content (AvgIpc) is 2.86. The van der Waals surface area contributed by atoms with Crippen LogP contribution in [0.1, 0.15) is 35.9 Å². The summed E-state index contributed by atoms with van der Waals surface area (Å²) in [4.78, 5) is 24.7. The number of nitrogens with zero attached hydrogens (tertiary/aromatic N) is 2. The molecular formula is C12H17N3O3. The van der Waals surface area contributed by atoms with Crippen LogP contribution in [0.15, 0.2) is 6.07 Å². The van der Waals surface area contributed by atoms with Crippen LogP contribution in [0.2, 0.25) is 0 Å². The van der Waals surface area contributed by atoms with E-state index in [-0.39, 0.29) is 12.5 Å². The predicted molar refractivity (Wildman–Crippen MR) is 64.2 cm³/mol. The maximum atomic E-state index is 12.1. The summed E-state index contributed by atoms with van der Waals surface area (Å²) < 4.78 is 0. The zero-order chi connectivity index (χ0) is 13.1. The van der Waals surface area contributed by atoms with Crippen LogP contribution in [-0.2, 0) is 11.2 Å². The second-order valence-electron chi connectivity index (χ2n) is 4.56. The van der Waals surface area contributed by atoms with Crippen molar-refractivity contribution in [2.24, 2.45) is 5.92 Å². The lowest BCUT2D eigenvalue weighted by molar-refractivity contribution is -0.143. The second-order valence-corrected chi connectivity index (χ2v) is 4.56. The van der Waals surface area contributed by atoms with Crippen molar-refractivity contribution >= 4 is 11.9 Å². The average molecular weight is 251 g/mol. The molecule has 1 aliphatic rings. The third-order valence-corrected chi connectivity index (χ3v) is 3.29. The highest BCUT2D eigenvalue weighted by Crippen LogP contribution is 2.18. The minimum atomic E-state index is -0.830. The third-order valence-electron chi connectivity index (χ3n) is 3.29. The van der Waals surface area contributed by atoms with Crippen molar-refractivity contribution in [1.82, 2.24) is 15.1 Å². The van der Waals surface area contributed by atoms with Crippen molar-refractivity contribution in [2.45, 2.75) is 26.2 Å². The molecule has 1 aliphatic heterocycles. The van der Waals surface area contributed by atoms with Gasteiger partial charge >= 0.3 is 5.97 Å². The highest BCUT2D eigenvalue weighted by atomic mass is 16.4. The van der Waals surface area contributed by atoms with Gasteiger partial charge in [-0.2, -0.15) is 5.10 Å². The first-order valence-corrected chi connectivity index (χ1v) is 6.18. The van der Waals surface area contributed by atoms with Crippen molar-refractivity contribution < 1.29 is 14.7 Å². The van der Waals surface area contributed by atoms with E-state index in [0.29, 0.717) is 18.7 Å². The van der Waals surface area contributed by atoms with Gasteiger partial charge in [-0.05, 0) is 25.3 Å². The standard InChI is InChI=1S/C12H17N3O3/c1-2-9-6-10(14-13-9)11(16)15-5-3-4-8(7-15)12(17)18/h6,8H,2-5,7H2,1H3,(H,13,14)(H,17,18)/t8-/m1/s1. The van der Waals surface area contributed by atoms with E-state index in [0.717, 1.165) is 18.5 Å². The second kappa shape index (κ2) is 5.20. The first-order valence-electron chi connectivity index (χ1n) is 6.18. The number of amides is 1. The number of carboxylic acid groups (broad SMARTS) is 1. The number of likely N-dealkylation sites (tertiary alicyclic amines) is 1. The van der Waals surface area contributed by atoms with E-state index >= 15 is 0 Å². The molecule has 2 rings (SSSR count). The molecule has 1 atom stereocenters. The molecule has 18 heavy (non-hydrogen) atoms. The number of piperidine rings is 1. The molecule has 0 saturated carbocycles. The molecule has 1 saturated heterocycles. The molecule has 0 aliphatic carbocycles. The molecule has 6 nitrogen and oxygen atoms in total. The zero-order valence-corrected chi connectivity index (χ0v) is 10.3. The molecule has 0 spiro atoms. The molecular weight excluding hydrogens is 234 g/mol. The summed E-state index contributed by atoms with van der Waals surface area (Å²) in [5, 5.41) is 15.8. The number of carboxylic acids is 1. The van der Waals surface area contributed by atoms with Crippen LogP contribution in [0, 0.1) is 5.92 Å². The summed E-state index contributed by atoms with van der Waals surface area (Å²) in [5.74, 6) is -1.46. The van der Waals surface area contributed by atoms with Gasteiger partial charge in [-0.15, -0.1) is 0 Å². The molecule has 98 valence electrons. The lowest BCUT2D eigenvalue weighted by Crippen LogP contribution is -2.42. The Morgan fingerprint density at radius 1 is 1.61 bits per heavy atom. The highest BCUT2D eigenvalue weighted by molar-refractivity contribution is 5.92. The molecule has 0 bridgehead atoms. The smallest absolute Gasteiger partial charge is 0.308 e. The Labute approximate surface area is 105 Å². The summed E-state index contributed by atoms with van der Waals surface area (Å²) >= 11 is 0. The fraction of sp³-hybridized carbons (Fsp3) is 0.583. The number of aromatic amines is 1. The van der Waals surface area contributed by atoms with Gasteiger partial charge in [0.1, 0.15) is 5.69 Å². The van der Waals surface area contributed by atoms with Gasteiger partial charge in [0.25, 0.3) is 5.91 Å². The fourth-order valence-corrected chi connectivity index (χ4v) is 2.18. The van der Waals surface area contributed by atoms with Crippen LogP contribution in [0.25, 0.3) is 0 Å². The van der Waals surface area contributed by atoms with Crippen LogP contribution in [0.4, 0.5) is 0 Å². The Kier molecular flexibility index (Phi) is 3.64. The largest absolute Gasteiger partial charge is 0.481 e. The van der Waals surface area contributed by atoms with E-state index < -0.39 is 11.9 Å². The minimum Gasteiger partial charge on any atom is -0.481 e. The van der Waals surface area contributed by atoms with Crippen molar-refractivity contribution in [3.63, 3.8) is 0 Å². The monoisotopic (exact) mass is 251 g/mol. The molecule has 1 fully saturated rings. The minimum absolute atomic E-state index is 0.183. The summed E-state index contributed by atoms with van der Waals surface area (Å²) in [6.45, 7) is 2.86. The Balaban J connectivity index is 2.06. The molecule has 1 aromatic heterocycles. The van der Waals surface area contributed by atoms with Gasteiger partial charge in [0, 0.05) is 18.8 Å². The topological polar surface area (TPSA) is 86.3 Å². The van der Waals surface area contributed by atoms with Crippen molar-refractivity contribution in [3.8, 4) is 0 Å². The lowest BCUT2D eigenvalue weighted by atomic mass is 9.98. The van der Waals surface area contributed by atoms with Crippen LogP contribution in [-0.4, -0.2) is 45.2 Å². The number of nitrogens with one attached hydrogen (secondary N) is 1. The van der Waals surface area contributed by atoms with E-state index in [4.69, 9.17) is 5.11 Å². The quantitative estimate of drug-likeness (QED) is 0.836. The van der Waals surface area contributed by atoms with Crippen molar-refractivity contribution in [2.75, 3.05) is 13.1 Å². The summed E-state index contributed by atoms with van der Waals surface area (Å²) in [6, 6.07) is 1.73. The summed E-state index contributed by atoms with van der Waals surface area (Å²) in [7, 11) is 0. The molecule has 0 radical (unpaired) electrons. The number of aromatic nitrogens is 2. The van der Waals surface area contributed by atoms with Gasteiger partial charge in [0.2, 0.25) is 0 Å². The number of aryl methyl sites for hydroxylation is 1. The highest BCUT2D eigenvalue weighted by Gasteiger charge is 2.29. The Bertz CT molecular complexity index is 455.